The van der Waals surface area contributed by atoms with E-state index in [1.54, 1.807) is 25.6 Å². The molecule has 2 aromatic heterocycles. The van der Waals surface area contributed by atoms with Crippen molar-refractivity contribution in [2.75, 3.05) is 7.11 Å². The molecule has 7 heteroatoms. The highest BCUT2D eigenvalue weighted by Crippen LogP contribution is 2.25. The third-order valence-electron chi connectivity index (χ3n) is 5.39. The van der Waals surface area contributed by atoms with Gasteiger partial charge in [-0.05, 0) is 55.3 Å². The van der Waals surface area contributed by atoms with E-state index in [9.17, 15) is 4.39 Å². The van der Waals surface area contributed by atoms with Gasteiger partial charge in [0.2, 0.25) is 5.82 Å². The molecule has 2 heterocycles. The summed E-state index contributed by atoms with van der Waals surface area (Å²) in [5, 5.41) is 7.55. The number of methoxy groups -OCH3 is 1. The maximum absolute atomic E-state index is 13.2. The monoisotopic (exact) mass is 418 g/mol. The molecule has 0 amide bonds. The normalized spacial score (nSPS) is 12.4. The molecule has 1 N–H and O–H groups in total. The first-order valence-corrected chi connectivity index (χ1v) is 10.0. The third-order valence-corrected chi connectivity index (χ3v) is 5.39. The maximum Gasteiger partial charge on any atom is 0.301 e. The van der Waals surface area contributed by atoms with Gasteiger partial charge in [-0.1, -0.05) is 18.2 Å². The number of H-pyrrole nitrogens is 1. The molecular formula is C24H25FN5O+. The fraction of sp³-hybridized carbons (Fsp3) is 0.208. The zero-order valence-electron chi connectivity index (χ0n) is 18.0. The van der Waals surface area contributed by atoms with E-state index in [0.717, 1.165) is 39.9 Å². The third kappa shape index (κ3) is 4.26. The number of ether oxygens (including phenoxy) is 1. The van der Waals surface area contributed by atoms with Crippen LogP contribution < -0.4 is 9.30 Å². The highest BCUT2D eigenvalue weighted by molar-refractivity contribution is 5.68. The van der Waals surface area contributed by atoms with Crippen molar-refractivity contribution in [2.45, 2.75) is 19.8 Å². The van der Waals surface area contributed by atoms with Gasteiger partial charge in [-0.2, -0.15) is 0 Å². The number of halogens is 1. The average molecular weight is 418 g/mol. The summed E-state index contributed by atoms with van der Waals surface area (Å²) in [5.74, 6) is 2.31. The van der Waals surface area contributed by atoms with Gasteiger partial charge in [-0.15, -0.1) is 5.10 Å². The largest absolute Gasteiger partial charge is 0.495 e. The Hall–Kier alpha value is -3.74. The molecule has 0 aliphatic carbocycles. The molecule has 0 unspecified atom stereocenters. The molecule has 0 aliphatic heterocycles. The number of imidazole rings is 1. The van der Waals surface area contributed by atoms with Gasteiger partial charge in [0.05, 0.1) is 37.8 Å². The van der Waals surface area contributed by atoms with Crippen LogP contribution in [0.25, 0.3) is 17.8 Å². The summed E-state index contributed by atoms with van der Waals surface area (Å²) >= 11 is 0. The van der Waals surface area contributed by atoms with E-state index in [1.807, 2.05) is 59.7 Å². The van der Waals surface area contributed by atoms with Crippen LogP contribution in [-0.4, -0.2) is 26.9 Å². The molecule has 0 radical (unpaired) electrons. The van der Waals surface area contributed by atoms with Crippen molar-refractivity contribution in [1.82, 2.24) is 19.7 Å². The molecule has 31 heavy (non-hydrogen) atoms. The summed E-state index contributed by atoms with van der Waals surface area (Å²) in [6.45, 7) is 4.02. The van der Waals surface area contributed by atoms with Crippen molar-refractivity contribution in [2.24, 2.45) is 7.05 Å². The smallest absolute Gasteiger partial charge is 0.301 e. The number of rotatable bonds is 6. The van der Waals surface area contributed by atoms with Crippen molar-refractivity contribution in [1.29, 1.82) is 0 Å². The molecule has 2 aromatic carbocycles. The molecule has 4 rings (SSSR count). The quantitative estimate of drug-likeness (QED) is 0.478. The van der Waals surface area contributed by atoms with Gasteiger partial charge in [0, 0.05) is 17.4 Å². The lowest BCUT2D eigenvalue weighted by Crippen LogP contribution is -2.35. The van der Waals surface area contributed by atoms with Crippen LogP contribution in [0.5, 0.6) is 5.75 Å². The van der Waals surface area contributed by atoms with Crippen LogP contribution in [0.2, 0.25) is 0 Å². The van der Waals surface area contributed by atoms with E-state index in [1.165, 1.54) is 12.1 Å². The zero-order chi connectivity index (χ0) is 22.0. The highest BCUT2D eigenvalue weighted by Gasteiger charge is 2.22. The molecule has 0 aliphatic rings. The van der Waals surface area contributed by atoms with Crippen LogP contribution in [0, 0.1) is 12.7 Å². The van der Waals surface area contributed by atoms with Crippen molar-refractivity contribution in [3.8, 4) is 11.4 Å². The van der Waals surface area contributed by atoms with Crippen LogP contribution in [0.3, 0.4) is 0 Å². The van der Waals surface area contributed by atoms with E-state index >= 15 is 0 Å². The SMILES string of the molecule is COc1cc(/C=C/c2n[nH]c([C@H](C)c3ccc(F)cc3)[n+]2C)ccc1-n1cnc(C)c1. The van der Waals surface area contributed by atoms with Crippen LogP contribution in [-0.2, 0) is 7.05 Å². The van der Waals surface area contributed by atoms with E-state index < -0.39 is 0 Å². The molecular weight excluding hydrogens is 393 g/mol. The summed E-state index contributed by atoms with van der Waals surface area (Å²) in [7, 11) is 3.62. The first-order chi connectivity index (χ1) is 15.0. The Balaban J connectivity index is 1.57. The van der Waals surface area contributed by atoms with Crippen molar-refractivity contribution in [3.05, 3.63) is 89.3 Å². The van der Waals surface area contributed by atoms with Crippen LogP contribution in [0.1, 0.15) is 41.3 Å². The minimum atomic E-state index is -0.238. The first-order valence-electron chi connectivity index (χ1n) is 10.0. The second-order valence-electron chi connectivity index (χ2n) is 7.49. The first kappa shape index (κ1) is 20.5. The van der Waals surface area contributed by atoms with Gasteiger partial charge in [0.1, 0.15) is 11.6 Å². The van der Waals surface area contributed by atoms with E-state index in [0.29, 0.717) is 0 Å². The van der Waals surface area contributed by atoms with E-state index in [4.69, 9.17) is 4.74 Å². The van der Waals surface area contributed by atoms with Gasteiger partial charge in [-0.25, -0.2) is 13.9 Å². The Kier molecular flexibility index (Phi) is 5.66. The predicted octanol–water partition coefficient (Wildman–Crippen LogP) is 4.20. The number of hydrogen-bond acceptors (Lipinski definition) is 3. The zero-order valence-corrected chi connectivity index (χ0v) is 18.0. The van der Waals surface area contributed by atoms with Gasteiger partial charge in [0.15, 0.2) is 0 Å². The van der Waals surface area contributed by atoms with Crippen molar-refractivity contribution < 1.29 is 13.7 Å². The molecule has 0 spiro atoms. The number of nitrogens with zero attached hydrogens (tertiary/aromatic N) is 4. The summed E-state index contributed by atoms with van der Waals surface area (Å²) in [4.78, 5) is 4.28. The summed E-state index contributed by atoms with van der Waals surface area (Å²) in [6, 6.07) is 12.6. The predicted molar refractivity (Wildman–Crippen MR) is 117 cm³/mol. The molecule has 0 saturated heterocycles. The Bertz CT molecular complexity index is 1220. The van der Waals surface area contributed by atoms with E-state index in [2.05, 4.69) is 22.1 Å². The van der Waals surface area contributed by atoms with Crippen molar-refractivity contribution >= 4 is 12.2 Å². The number of aromatic amines is 1. The number of aryl methyl sites for hydroxylation is 1. The lowest BCUT2D eigenvalue weighted by atomic mass is 10.0. The minimum absolute atomic E-state index is 0.0539. The highest BCUT2D eigenvalue weighted by atomic mass is 19.1. The molecule has 0 fully saturated rings. The maximum atomic E-state index is 13.2. The number of hydrogen-bond donors (Lipinski definition) is 1. The molecule has 4 aromatic rings. The standard InChI is InChI=1S/C24H24FN5O/c1-16-14-30(15-26-16)21-11-5-18(13-22(21)31-4)6-12-23-27-28-24(29(23)3)17(2)19-7-9-20(25)10-8-19/h5-15,17H,1-4H3/p+1/b12-6+/t17-/m1/s1. The second-order valence-corrected chi connectivity index (χ2v) is 7.49. The topological polar surface area (TPSA) is 59.6 Å². The van der Waals surface area contributed by atoms with Crippen LogP contribution >= 0.6 is 0 Å². The molecule has 0 saturated carbocycles. The summed E-state index contributed by atoms with van der Waals surface area (Å²) in [5.41, 5.74) is 3.89. The number of benzene rings is 2. The minimum Gasteiger partial charge on any atom is -0.495 e. The fourth-order valence-corrected chi connectivity index (χ4v) is 3.57. The molecule has 0 bridgehead atoms. The van der Waals surface area contributed by atoms with E-state index in [-0.39, 0.29) is 11.7 Å². The summed E-state index contributed by atoms with van der Waals surface area (Å²) in [6.07, 6.45) is 7.68. The van der Waals surface area contributed by atoms with Gasteiger partial charge >= 0.3 is 5.82 Å². The molecule has 6 nitrogen and oxygen atoms in total. The Morgan fingerprint density at radius 2 is 1.94 bits per heavy atom. The lowest BCUT2D eigenvalue weighted by molar-refractivity contribution is -0.681. The average Bonchev–Trinajstić information content (AvgIpc) is 3.37. The molecule has 1 atom stereocenters. The fourth-order valence-electron chi connectivity index (χ4n) is 3.57. The van der Waals surface area contributed by atoms with Gasteiger partial charge < -0.3 is 9.30 Å². The van der Waals surface area contributed by atoms with Crippen LogP contribution in [0.4, 0.5) is 4.39 Å². The lowest BCUT2D eigenvalue weighted by Gasteiger charge is -2.09. The Labute approximate surface area is 180 Å². The van der Waals surface area contributed by atoms with Gasteiger partial charge in [-0.3, -0.25) is 0 Å². The Morgan fingerprint density at radius 3 is 2.61 bits per heavy atom. The van der Waals surface area contributed by atoms with Crippen LogP contribution in [0.15, 0.2) is 55.0 Å². The summed E-state index contributed by atoms with van der Waals surface area (Å²) < 4.78 is 22.8. The number of nitrogens with one attached hydrogen (secondary N) is 1. The second kappa shape index (κ2) is 8.55. The van der Waals surface area contributed by atoms with Gasteiger partial charge in [0.25, 0.3) is 0 Å². The number of aromatic nitrogens is 5. The molecule has 158 valence electrons. The Morgan fingerprint density at radius 1 is 1.16 bits per heavy atom. The van der Waals surface area contributed by atoms with Crippen molar-refractivity contribution in [3.63, 3.8) is 0 Å².